The Morgan fingerprint density at radius 3 is 2.48 bits per heavy atom. The molecule has 156 valence electrons. The molecule has 3 rings (SSSR count). The van der Waals surface area contributed by atoms with Gasteiger partial charge in [-0.15, -0.1) is 0 Å². The Labute approximate surface area is 176 Å². The number of carbonyl (C=O) groups is 1. The largest absolute Gasteiger partial charge is 0.491 e. The standard InChI is InChI=1S/C22H27ClN2O4/c1-16-3-6-18(23)13-21(16)25-11-9-24(10-12-25)14-19(26)15-29-20-7-4-17(5-8-20)22(27)28-2/h3-8,13,19,26H,9-12,14-15H2,1-2H3/t19-/m0/s1. The molecule has 1 aliphatic rings. The first-order valence-electron chi connectivity index (χ1n) is 9.69. The van der Waals surface area contributed by atoms with Crippen molar-refractivity contribution in [3.05, 3.63) is 58.6 Å². The second kappa shape index (κ2) is 9.96. The number of ether oxygens (including phenoxy) is 2. The van der Waals surface area contributed by atoms with E-state index < -0.39 is 6.10 Å². The lowest BCUT2D eigenvalue weighted by molar-refractivity contribution is 0.0599. The van der Waals surface area contributed by atoms with Gasteiger partial charge in [-0.25, -0.2) is 4.79 Å². The number of nitrogens with zero attached hydrogens (tertiary/aromatic N) is 2. The first kappa shape index (κ1) is 21.4. The molecule has 0 aliphatic carbocycles. The van der Waals surface area contributed by atoms with Gasteiger partial charge < -0.3 is 19.5 Å². The number of aliphatic hydroxyl groups is 1. The number of rotatable bonds is 7. The molecule has 1 fully saturated rings. The Balaban J connectivity index is 1.43. The Morgan fingerprint density at radius 2 is 1.83 bits per heavy atom. The summed E-state index contributed by atoms with van der Waals surface area (Å²) >= 11 is 6.14. The molecule has 1 N–H and O–H groups in total. The molecule has 7 heteroatoms. The zero-order valence-corrected chi connectivity index (χ0v) is 17.6. The summed E-state index contributed by atoms with van der Waals surface area (Å²) in [4.78, 5) is 16.0. The van der Waals surface area contributed by atoms with E-state index in [9.17, 15) is 9.90 Å². The molecule has 2 aromatic carbocycles. The van der Waals surface area contributed by atoms with Crippen LogP contribution in [-0.4, -0.2) is 68.5 Å². The topological polar surface area (TPSA) is 62.2 Å². The van der Waals surface area contributed by atoms with Crippen LogP contribution >= 0.6 is 11.6 Å². The van der Waals surface area contributed by atoms with E-state index in [1.807, 2.05) is 18.2 Å². The van der Waals surface area contributed by atoms with Crippen LogP contribution in [0.4, 0.5) is 5.69 Å². The molecule has 0 saturated carbocycles. The predicted molar refractivity (Wildman–Crippen MR) is 114 cm³/mol. The zero-order chi connectivity index (χ0) is 20.8. The molecule has 1 atom stereocenters. The third kappa shape index (κ3) is 5.85. The van der Waals surface area contributed by atoms with Gasteiger partial charge in [0.2, 0.25) is 0 Å². The van der Waals surface area contributed by atoms with Gasteiger partial charge in [-0.05, 0) is 48.9 Å². The summed E-state index contributed by atoms with van der Waals surface area (Å²) in [5, 5.41) is 11.1. The summed E-state index contributed by atoms with van der Waals surface area (Å²) in [6, 6.07) is 12.7. The van der Waals surface area contributed by atoms with Crippen LogP contribution in [0.25, 0.3) is 0 Å². The van der Waals surface area contributed by atoms with Crippen LogP contribution in [0, 0.1) is 6.92 Å². The fraction of sp³-hybridized carbons (Fsp3) is 0.409. The van der Waals surface area contributed by atoms with Crippen molar-refractivity contribution in [2.45, 2.75) is 13.0 Å². The molecule has 0 spiro atoms. The van der Waals surface area contributed by atoms with Crippen LogP contribution in [-0.2, 0) is 4.74 Å². The van der Waals surface area contributed by atoms with Gasteiger partial charge >= 0.3 is 5.97 Å². The van der Waals surface area contributed by atoms with Crippen LogP contribution in [0.1, 0.15) is 15.9 Å². The highest BCUT2D eigenvalue weighted by molar-refractivity contribution is 6.30. The molecule has 1 aliphatic heterocycles. The molecular weight excluding hydrogens is 392 g/mol. The number of aryl methyl sites for hydroxylation is 1. The van der Waals surface area contributed by atoms with E-state index in [0.29, 0.717) is 17.9 Å². The minimum atomic E-state index is -0.588. The lowest BCUT2D eigenvalue weighted by Crippen LogP contribution is -2.49. The highest BCUT2D eigenvalue weighted by atomic mass is 35.5. The lowest BCUT2D eigenvalue weighted by Gasteiger charge is -2.37. The van der Waals surface area contributed by atoms with Crippen molar-refractivity contribution in [1.29, 1.82) is 0 Å². The Bertz CT molecular complexity index is 820. The minimum absolute atomic E-state index is 0.200. The molecular formula is C22H27ClN2O4. The van der Waals surface area contributed by atoms with Crippen LogP contribution < -0.4 is 9.64 Å². The quantitative estimate of drug-likeness (QED) is 0.697. The number of β-amino-alcohol motifs (C(OH)–C–C–N with tert-alkyl or cyclic N) is 1. The molecule has 1 heterocycles. The fourth-order valence-corrected chi connectivity index (χ4v) is 3.61. The van der Waals surface area contributed by atoms with Crippen molar-refractivity contribution in [2.75, 3.05) is 51.3 Å². The van der Waals surface area contributed by atoms with E-state index in [1.54, 1.807) is 24.3 Å². The number of piperazine rings is 1. The molecule has 2 aromatic rings. The van der Waals surface area contributed by atoms with Gasteiger partial charge in [-0.2, -0.15) is 0 Å². The average Bonchev–Trinajstić information content (AvgIpc) is 2.74. The van der Waals surface area contributed by atoms with Crippen LogP contribution in [0.5, 0.6) is 5.75 Å². The van der Waals surface area contributed by atoms with Gasteiger partial charge in [0.15, 0.2) is 0 Å². The van der Waals surface area contributed by atoms with Crippen molar-refractivity contribution in [2.24, 2.45) is 0 Å². The van der Waals surface area contributed by atoms with E-state index >= 15 is 0 Å². The normalized spacial score (nSPS) is 15.8. The SMILES string of the molecule is COC(=O)c1ccc(OC[C@@H](O)CN2CCN(c3cc(Cl)ccc3C)CC2)cc1. The number of aliphatic hydroxyl groups excluding tert-OH is 1. The Hall–Kier alpha value is -2.28. The van der Waals surface area contributed by atoms with E-state index in [4.69, 9.17) is 16.3 Å². The first-order chi connectivity index (χ1) is 14.0. The molecule has 29 heavy (non-hydrogen) atoms. The van der Waals surface area contributed by atoms with Crippen molar-refractivity contribution in [3.8, 4) is 5.75 Å². The minimum Gasteiger partial charge on any atom is -0.491 e. The van der Waals surface area contributed by atoms with Gasteiger partial charge in [0, 0.05) is 43.4 Å². The Morgan fingerprint density at radius 1 is 1.14 bits per heavy atom. The molecule has 0 amide bonds. The summed E-state index contributed by atoms with van der Waals surface area (Å²) in [7, 11) is 1.35. The number of carbonyl (C=O) groups excluding carboxylic acids is 1. The van der Waals surface area contributed by atoms with Gasteiger partial charge in [-0.3, -0.25) is 4.90 Å². The monoisotopic (exact) mass is 418 g/mol. The van der Waals surface area contributed by atoms with Crippen molar-refractivity contribution in [1.82, 2.24) is 4.90 Å². The van der Waals surface area contributed by atoms with E-state index in [2.05, 4.69) is 21.5 Å². The fourth-order valence-electron chi connectivity index (χ4n) is 3.44. The predicted octanol–water partition coefficient (Wildman–Crippen LogP) is 3.00. The highest BCUT2D eigenvalue weighted by Gasteiger charge is 2.21. The lowest BCUT2D eigenvalue weighted by atomic mass is 10.1. The highest BCUT2D eigenvalue weighted by Crippen LogP contribution is 2.25. The van der Waals surface area contributed by atoms with Gasteiger partial charge in [-0.1, -0.05) is 17.7 Å². The zero-order valence-electron chi connectivity index (χ0n) is 16.8. The molecule has 1 saturated heterocycles. The Kier molecular flexibility index (Phi) is 7.36. The van der Waals surface area contributed by atoms with E-state index in [1.165, 1.54) is 18.4 Å². The van der Waals surface area contributed by atoms with Gasteiger partial charge in [0.1, 0.15) is 18.5 Å². The van der Waals surface area contributed by atoms with Crippen LogP contribution in [0.3, 0.4) is 0 Å². The summed E-state index contributed by atoms with van der Waals surface area (Å²) < 4.78 is 10.3. The molecule has 6 nitrogen and oxygen atoms in total. The number of benzene rings is 2. The maximum absolute atomic E-state index is 11.4. The second-order valence-corrected chi connectivity index (χ2v) is 7.64. The van der Waals surface area contributed by atoms with Gasteiger partial charge in [0.05, 0.1) is 12.7 Å². The number of anilines is 1. The number of esters is 1. The third-order valence-electron chi connectivity index (χ3n) is 5.07. The van der Waals surface area contributed by atoms with E-state index in [0.717, 1.165) is 31.2 Å². The number of hydrogen-bond acceptors (Lipinski definition) is 6. The summed E-state index contributed by atoms with van der Waals surface area (Å²) in [6.45, 7) is 6.38. The third-order valence-corrected chi connectivity index (χ3v) is 5.31. The first-order valence-corrected chi connectivity index (χ1v) is 10.1. The van der Waals surface area contributed by atoms with Crippen LogP contribution in [0.2, 0.25) is 5.02 Å². The van der Waals surface area contributed by atoms with Crippen molar-refractivity contribution in [3.63, 3.8) is 0 Å². The van der Waals surface area contributed by atoms with E-state index in [-0.39, 0.29) is 12.6 Å². The number of halogens is 1. The molecule has 0 unspecified atom stereocenters. The summed E-state index contributed by atoms with van der Waals surface area (Å²) in [5.74, 6) is 0.224. The smallest absolute Gasteiger partial charge is 0.337 e. The average molecular weight is 419 g/mol. The number of hydrogen-bond donors (Lipinski definition) is 1. The maximum atomic E-state index is 11.4. The summed E-state index contributed by atoms with van der Waals surface area (Å²) in [5.41, 5.74) is 2.86. The van der Waals surface area contributed by atoms with Gasteiger partial charge in [0.25, 0.3) is 0 Å². The van der Waals surface area contributed by atoms with Crippen molar-refractivity contribution < 1.29 is 19.4 Å². The van der Waals surface area contributed by atoms with Crippen LogP contribution in [0.15, 0.2) is 42.5 Å². The molecule has 0 radical (unpaired) electrons. The van der Waals surface area contributed by atoms with Crippen molar-refractivity contribution >= 4 is 23.3 Å². The molecule has 0 bridgehead atoms. The maximum Gasteiger partial charge on any atom is 0.337 e. The summed E-state index contributed by atoms with van der Waals surface area (Å²) in [6.07, 6.45) is -0.588. The molecule has 0 aromatic heterocycles. The number of methoxy groups -OCH3 is 1. The second-order valence-electron chi connectivity index (χ2n) is 7.20.